The number of benzene rings is 1. The van der Waals surface area contributed by atoms with Crippen molar-refractivity contribution in [3.63, 3.8) is 0 Å². The van der Waals surface area contributed by atoms with Crippen molar-refractivity contribution < 1.29 is 18.1 Å². The molecule has 170 valence electrons. The van der Waals surface area contributed by atoms with Gasteiger partial charge in [-0.1, -0.05) is 17.3 Å². The standard InChI is InChI=1S/C24H24FN5O3/c1-2-29-15-17(13-27-29)20-12-22(33-28-20)24(31)30-10-4-3-5-21(30)23-26-14-19(32-23)11-16-6-8-18(25)9-7-16/h6-9,12-15,21H,2-5,10-11H2,1H3/t21-/m1/s1. The molecule has 0 radical (unpaired) electrons. The maximum atomic E-state index is 13.3. The van der Waals surface area contributed by atoms with Crippen LogP contribution >= 0.6 is 0 Å². The van der Waals surface area contributed by atoms with Crippen LogP contribution in [0.5, 0.6) is 0 Å². The number of carbonyl (C=O) groups excluding carboxylic acids is 1. The predicted octanol–water partition coefficient (Wildman–Crippen LogP) is 4.64. The molecule has 5 rings (SSSR count). The number of likely N-dealkylation sites (tertiary alicyclic amines) is 1. The zero-order chi connectivity index (χ0) is 22.8. The number of nitrogens with zero attached hydrogens (tertiary/aromatic N) is 5. The van der Waals surface area contributed by atoms with Gasteiger partial charge in [-0.2, -0.15) is 5.10 Å². The molecular weight excluding hydrogens is 425 g/mol. The Bertz CT molecular complexity index is 1240. The van der Waals surface area contributed by atoms with Gasteiger partial charge in [0.25, 0.3) is 5.91 Å². The fourth-order valence-corrected chi connectivity index (χ4v) is 4.12. The van der Waals surface area contributed by atoms with Gasteiger partial charge in [0.05, 0.1) is 12.4 Å². The number of hydrogen-bond acceptors (Lipinski definition) is 6. The van der Waals surface area contributed by atoms with E-state index in [0.29, 0.717) is 30.3 Å². The first kappa shape index (κ1) is 21.1. The molecule has 0 saturated carbocycles. The van der Waals surface area contributed by atoms with Crippen molar-refractivity contribution in [3.8, 4) is 11.3 Å². The summed E-state index contributed by atoms with van der Waals surface area (Å²) < 4.78 is 26.3. The summed E-state index contributed by atoms with van der Waals surface area (Å²) in [5, 5.41) is 8.31. The minimum atomic E-state index is -0.275. The molecule has 1 aromatic carbocycles. The molecule has 9 heteroatoms. The molecule has 8 nitrogen and oxygen atoms in total. The van der Waals surface area contributed by atoms with E-state index < -0.39 is 0 Å². The second-order valence-corrected chi connectivity index (χ2v) is 8.14. The smallest absolute Gasteiger partial charge is 0.293 e. The predicted molar refractivity (Wildman–Crippen MR) is 117 cm³/mol. The molecule has 1 amide bonds. The van der Waals surface area contributed by atoms with E-state index in [-0.39, 0.29) is 23.5 Å². The van der Waals surface area contributed by atoms with Gasteiger partial charge < -0.3 is 13.8 Å². The van der Waals surface area contributed by atoms with Crippen molar-refractivity contribution in [1.29, 1.82) is 0 Å². The van der Waals surface area contributed by atoms with E-state index in [9.17, 15) is 9.18 Å². The minimum Gasteiger partial charge on any atom is -0.443 e. The molecule has 1 fully saturated rings. The highest BCUT2D eigenvalue weighted by Crippen LogP contribution is 2.33. The molecule has 0 spiro atoms. The van der Waals surface area contributed by atoms with E-state index in [0.717, 1.165) is 36.9 Å². The average Bonchev–Trinajstić information content (AvgIpc) is 3.60. The molecular formula is C24H24FN5O3. The number of amides is 1. The number of hydrogen-bond donors (Lipinski definition) is 0. The van der Waals surface area contributed by atoms with Crippen LogP contribution in [-0.2, 0) is 13.0 Å². The van der Waals surface area contributed by atoms with Gasteiger partial charge in [-0.05, 0) is 43.9 Å². The van der Waals surface area contributed by atoms with Crippen LogP contribution in [-0.4, -0.2) is 37.3 Å². The molecule has 3 aromatic heterocycles. The molecule has 33 heavy (non-hydrogen) atoms. The summed E-state index contributed by atoms with van der Waals surface area (Å²) >= 11 is 0. The highest BCUT2D eigenvalue weighted by atomic mass is 19.1. The lowest BCUT2D eigenvalue weighted by Gasteiger charge is -2.32. The Kier molecular flexibility index (Phi) is 5.77. The Morgan fingerprint density at radius 2 is 2.06 bits per heavy atom. The number of halogens is 1. The van der Waals surface area contributed by atoms with Crippen LogP contribution in [0.15, 0.2) is 57.9 Å². The van der Waals surface area contributed by atoms with E-state index >= 15 is 0 Å². The Labute approximate surface area is 190 Å². The third kappa shape index (κ3) is 4.44. The number of oxazole rings is 1. The molecule has 1 atom stereocenters. The Morgan fingerprint density at radius 1 is 1.21 bits per heavy atom. The van der Waals surface area contributed by atoms with Crippen LogP contribution in [0.1, 0.15) is 60.0 Å². The summed E-state index contributed by atoms with van der Waals surface area (Å²) in [5.74, 6) is 0.843. The van der Waals surface area contributed by atoms with Gasteiger partial charge in [0.1, 0.15) is 23.3 Å². The molecule has 4 aromatic rings. The fraction of sp³-hybridized carbons (Fsp3) is 0.333. The molecule has 4 heterocycles. The van der Waals surface area contributed by atoms with Crippen molar-refractivity contribution in [3.05, 3.63) is 77.7 Å². The molecule has 1 aliphatic heterocycles. The van der Waals surface area contributed by atoms with Gasteiger partial charge in [0, 0.05) is 37.3 Å². The van der Waals surface area contributed by atoms with Crippen LogP contribution in [0.25, 0.3) is 11.3 Å². The van der Waals surface area contributed by atoms with E-state index in [4.69, 9.17) is 8.94 Å². The Hall–Kier alpha value is -3.75. The number of piperidine rings is 1. The SMILES string of the molecule is CCn1cc(-c2cc(C(=O)N3CCCC[C@@H]3c3ncc(Cc4ccc(F)cc4)o3)on2)cn1. The summed E-state index contributed by atoms with van der Waals surface area (Å²) in [4.78, 5) is 19.5. The summed E-state index contributed by atoms with van der Waals surface area (Å²) in [6.07, 6.45) is 8.38. The maximum absolute atomic E-state index is 13.3. The molecule has 1 saturated heterocycles. The second-order valence-electron chi connectivity index (χ2n) is 8.14. The Morgan fingerprint density at radius 3 is 2.85 bits per heavy atom. The first-order valence-corrected chi connectivity index (χ1v) is 11.1. The quantitative estimate of drug-likeness (QED) is 0.426. The van der Waals surface area contributed by atoms with Crippen LogP contribution in [0.2, 0.25) is 0 Å². The van der Waals surface area contributed by atoms with Crippen molar-refractivity contribution in [1.82, 2.24) is 24.8 Å². The lowest BCUT2D eigenvalue weighted by Crippen LogP contribution is -2.38. The fourth-order valence-electron chi connectivity index (χ4n) is 4.12. The monoisotopic (exact) mass is 449 g/mol. The maximum Gasteiger partial charge on any atom is 0.293 e. The lowest BCUT2D eigenvalue weighted by atomic mass is 10.0. The first-order valence-electron chi connectivity index (χ1n) is 11.1. The minimum absolute atomic E-state index is 0.180. The zero-order valence-electron chi connectivity index (χ0n) is 18.3. The van der Waals surface area contributed by atoms with E-state index in [2.05, 4.69) is 15.2 Å². The topological polar surface area (TPSA) is 90.2 Å². The van der Waals surface area contributed by atoms with Crippen LogP contribution in [0.4, 0.5) is 4.39 Å². The van der Waals surface area contributed by atoms with Crippen molar-refractivity contribution in [2.24, 2.45) is 0 Å². The average molecular weight is 449 g/mol. The zero-order valence-corrected chi connectivity index (χ0v) is 18.3. The van der Waals surface area contributed by atoms with Crippen molar-refractivity contribution >= 4 is 5.91 Å². The summed E-state index contributed by atoms with van der Waals surface area (Å²) in [7, 11) is 0. The Balaban J connectivity index is 1.33. The number of rotatable bonds is 6. The van der Waals surface area contributed by atoms with Crippen LogP contribution in [0, 0.1) is 5.82 Å². The van der Waals surface area contributed by atoms with Crippen molar-refractivity contribution in [2.45, 2.75) is 45.2 Å². The van der Waals surface area contributed by atoms with Gasteiger partial charge in [0.2, 0.25) is 11.7 Å². The largest absolute Gasteiger partial charge is 0.443 e. The van der Waals surface area contributed by atoms with Crippen LogP contribution < -0.4 is 0 Å². The van der Waals surface area contributed by atoms with Gasteiger partial charge in [-0.3, -0.25) is 9.48 Å². The summed E-state index contributed by atoms with van der Waals surface area (Å²) in [6.45, 7) is 3.33. The summed E-state index contributed by atoms with van der Waals surface area (Å²) in [6, 6.07) is 7.67. The molecule has 0 unspecified atom stereocenters. The van der Waals surface area contributed by atoms with E-state index in [1.54, 1.807) is 40.2 Å². The summed E-state index contributed by atoms with van der Waals surface area (Å²) in [5.41, 5.74) is 2.30. The van der Waals surface area contributed by atoms with Crippen molar-refractivity contribution in [2.75, 3.05) is 6.54 Å². The molecule has 1 aliphatic rings. The number of aryl methyl sites for hydroxylation is 1. The normalized spacial score (nSPS) is 16.3. The third-order valence-electron chi connectivity index (χ3n) is 5.89. The van der Waals surface area contributed by atoms with Gasteiger partial charge >= 0.3 is 0 Å². The van der Waals surface area contributed by atoms with Gasteiger partial charge in [-0.25, -0.2) is 9.37 Å². The number of carbonyl (C=O) groups is 1. The third-order valence-corrected chi connectivity index (χ3v) is 5.89. The van der Waals surface area contributed by atoms with Gasteiger partial charge in [-0.15, -0.1) is 0 Å². The van der Waals surface area contributed by atoms with Crippen LogP contribution in [0.3, 0.4) is 0 Å². The lowest BCUT2D eigenvalue weighted by molar-refractivity contribution is 0.0528. The first-order chi connectivity index (χ1) is 16.1. The number of aromatic nitrogens is 4. The molecule has 0 aliphatic carbocycles. The highest BCUT2D eigenvalue weighted by Gasteiger charge is 2.34. The highest BCUT2D eigenvalue weighted by molar-refractivity contribution is 5.92. The van der Waals surface area contributed by atoms with Gasteiger partial charge in [0.15, 0.2) is 0 Å². The van der Waals surface area contributed by atoms with E-state index in [1.165, 1.54) is 12.1 Å². The molecule has 0 N–H and O–H groups in total. The van der Waals surface area contributed by atoms with E-state index in [1.807, 2.05) is 13.1 Å². The molecule has 0 bridgehead atoms. The second kappa shape index (κ2) is 9.01.